The van der Waals surface area contributed by atoms with Crippen LogP contribution >= 0.6 is 0 Å². The third-order valence-corrected chi connectivity index (χ3v) is 2.36. The monoisotopic (exact) mass is 185 g/mol. The number of carbonyl (C=O) groups excluding carboxylic acids is 1. The summed E-state index contributed by atoms with van der Waals surface area (Å²) in [5.41, 5.74) is 1.82. The molecule has 2 heteroatoms. The van der Waals surface area contributed by atoms with Gasteiger partial charge in [-0.05, 0) is 30.3 Å². The van der Waals surface area contributed by atoms with Crippen molar-refractivity contribution >= 4 is 16.7 Å². The van der Waals surface area contributed by atoms with Gasteiger partial charge in [0.1, 0.15) is 0 Å². The van der Waals surface area contributed by atoms with Gasteiger partial charge in [0.05, 0.1) is 0 Å². The molecule has 2 rings (SSSR count). The summed E-state index contributed by atoms with van der Waals surface area (Å²) in [5.74, 6) is -0.0317. The minimum atomic E-state index is -0.0317. The summed E-state index contributed by atoms with van der Waals surface area (Å²) < 4.78 is 2.03. The molecule has 0 saturated heterocycles. The molecule has 70 valence electrons. The minimum Gasteiger partial charge on any atom is -0.351 e. The van der Waals surface area contributed by atoms with Crippen molar-refractivity contribution in [2.24, 2.45) is 7.05 Å². The molecule has 0 aliphatic carbocycles. The molecule has 14 heavy (non-hydrogen) atoms. The van der Waals surface area contributed by atoms with E-state index in [1.807, 2.05) is 42.1 Å². The molecule has 0 fully saturated rings. The second-order valence-corrected chi connectivity index (χ2v) is 3.27. The van der Waals surface area contributed by atoms with Crippen molar-refractivity contribution in [3.63, 3.8) is 0 Å². The Kier molecular flexibility index (Phi) is 1.97. The van der Waals surface area contributed by atoms with Crippen LogP contribution in [0.2, 0.25) is 0 Å². The average Bonchev–Trinajstić information content (AvgIpc) is 2.59. The van der Waals surface area contributed by atoms with Gasteiger partial charge >= 0.3 is 0 Å². The highest BCUT2D eigenvalue weighted by molar-refractivity contribution is 6.06. The number of carbonyl (C=O) groups is 1. The SMILES string of the molecule is C=CC(=O)c1ccc2c(ccn2C)c1. The zero-order chi connectivity index (χ0) is 10.1. The van der Waals surface area contributed by atoms with Crippen LogP contribution in [-0.2, 0) is 7.05 Å². The van der Waals surface area contributed by atoms with Gasteiger partial charge in [0, 0.05) is 29.7 Å². The fraction of sp³-hybridized carbons (Fsp3) is 0.0833. The lowest BCUT2D eigenvalue weighted by atomic mass is 10.1. The maximum absolute atomic E-state index is 11.3. The third kappa shape index (κ3) is 1.25. The Hall–Kier alpha value is -1.83. The van der Waals surface area contributed by atoms with E-state index >= 15 is 0 Å². The first kappa shape index (κ1) is 8.75. The van der Waals surface area contributed by atoms with Gasteiger partial charge in [-0.1, -0.05) is 6.58 Å². The second-order valence-electron chi connectivity index (χ2n) is 3.27. The molecule has 1 aromatic heterocycles. The molecule has 0 saturated carbocycles. The van der Waals surface area contributed by atoms with Crippen molar-refractivity contribution in [2.45, 2.75) is 0 Å². The van der Waals surface area contributed by atoms with Crippen LogP contribution in [0.4, 0.5) is 0 Å². The smallest absolute Gasteiger partial charge is 0.185 e. The number of fused-ring (bicyclic) bond motifs is 1. The molecule has 0 aliphatic rings. The van der Waals surface area contributed by atoms with Gasteiger partial charge in [-0.15, -0.1) is 0 Å². The van der Waals surface area contributed by atoms with Crippen molar-refractivity contribution in [1.82, 2.24) is 4.57 Å². The number of hydrogen-bond acceptors (Lipinski definition) is 1. The zero-order valence-electron chi connectivity index (χ0n) is 8.03. The van der Waals surface area contributed by atoms with Gasteiger partial charge in [0.25, 0.3) is 0 Å². The first-order chi connectivity index (χ1) is 6.72. The molecule has 0 bridgehead atoms. The van der Waals surface area contributed by atoms with Gasteiger partial charge in [0.2, 0.25) is 0 Å². The third-order valence-electron chi connectivity index (χ3n) is 2.36. The van der Waals surface area contributed by atoms with E-state index in [0.29, 0.717) is 5.56 Å². The van der Waals surface area contributed by atoms with E-state index in [0.717, 1.165) is 10.9 Å². The predicted molar refractivity (Wildman–Crippen MR) is 57.4 cm³/mol. The van der Waals surface area contributed by atoms with Gasteiger partial charge in [-0.25, -0.2) is 0 Å². The Labute approximate surface area is 82.5 Å². The number of benzene rings is 1. The zero-order valence-corrected chi connectivity index (χ0v) is 8.03. The fourth-order valence-electron chi connectivity index (χ4n) is 1.55. The van der Waals surface area contributed by atoms with E-state index in [1.54, 1.807) is 0 Å². The summed E-state index contributed by atoms with van der Waals surface area (Å²) in [5, 5.41) is 1.08. The van der Waals surface area contributed by atoms with Crippen LogP contribution in [0.15, 0.2) is 43.1 Å². The Bertz CT molecular complexity index is 508. The van der Waals surface area contributed by atoms with E-state index in [2.05, 4.69) is 6.58 Å². The maximum Gasteiger partial charge on any atom is 0.185 e. The molecule has 0 atom stereocenters. The normalized spacial score (nSPS) is 10.4. The van der Waals surface area contributed by atoms with Crippen molar-refractivity contribution in [1.29, 1.82) is 0 Å². The van der Waals surface area contributed by atoms with Crippen LogP contribution < -0.4 is 0 Å². The number of allylic oxidation sites excluding steroid dienone is 1. The molecule has 2 aromatic rings. The van der Waals surface area contributed by atoms with E-state index in [1.165, 1.54) is 6.08 Å². The first-order valence-corrected chi connectivity index (χ1v) is 4.44. The molecule has 2 nitrogen and oxygen atoms in total. The highest BCUT2D eigenvalue weighted by Gasteiger charge is 2.03. The molecule has 0 aliphatic heterocycles. The minimum absolute atomic E-state index is 0.0317. The number of aromatic nitrogens is 1. The predicted octanol–water partition coefficient (Wildman–Crippen LogP) is 2.55. The van der Waals surface area contributed by atoms with Gasteiger partial charge in [-0.2, -0.15) is 0 Å². The van der Waals surface area contributed by atoms with Crippen molar-refractivity contribution in [3.05, 3.63) is 48.7 Å². The standard InChI is InChI=1S/C12H11NO/c1-3-12(14)10-4-5-11-9(8-10)6-7-13(11)2/h3-8H,1H2,2H3. The first-order valence-electron chi connectivity index (χ1n) is 4.44. The van der Waals surface area contributed by atoms with Crippen LogP contribution in [0.25, 0.3) is 10.9 Å². The number of hydrogen-bond donors (Lipinski definition) is 0. The molecule has 0 amide bonds. The van der Waals surface area contributed by atoms with Crippen LogP contribution in [-0.4, -0.2) is 10.4 Å². The van der Waals surface area contributed by atoms with Gasteiger partial charge in [0.15, 0.2) is 5.78 Å². The van der Waals surface area contributed by atoms with E-state index < -0.39 is 0 Å². The number of rotatable bonds is 2. The van der Waals surface area contributed by atoms with Crippen LogP contribution in [0, 0.1) is 0 Å². The van der Waals surface area contributed by atoms with Gasteiger partial charge < -0.3 is 4.57 Å². The summed E-state index contributed by atoms with van der Waals surface area (Å²) in [4.78, 5) is 11.3. The van der Waals surface area contributed by atoms with Crippen LogP contribution in [0.3, 0.4) is 0 Å². The Morgan fingerprint density at radius 2 is 2.21 bits per heavy atom. The second kappa shape index (κ2) is 3.14. The van der Waals surface area contributed by atoms with Crippen molar-refractivity contribution < 1.29 is 4.79 Å². The molecule has 0 radical (unpaired) electrons. The maximum atomic E-state index is 11.3. The Morgan fingerprint density at radius 1 is 1.43 bits per heavy atom. The topological polar surface area (TPSA) is 22.0 Å². The van der Waals surface area contributed by atoms with Crippen molar-refractivity contribution in [3.8, 4) is 0 Å². The number of nitrogens with zero attached hydrogens (tertiary/aromatic N) is 1. The molecule has 0 N–H and O–H groups in total. The summed E-state index contributed by atoms with van der Waals surface area (Å²) in [6, 6.07) is 7.66. The highest BCUT2D eigenvalue weighted by Crippen LogP contribution is 2.16. The summed E-state index contributed by atoms with van der Waals surface area (Å²) in [6.07, 6.45) is 3.32. The van der Waals surface area contributed by atoms with E-state index in [9.17, 15) is 4.79 Å². The summed E-state index contributed by atoms with van der Waals surface area (Å²) in [7, 11) is 1.98. The highest BCUT2D eigenvalue weighted by atomic mass is 16.1. The molecular formula is C12H11NO. The molecular weight excluding hydrogens is 174 g/mol. The fourth-order valence-corrected chi connectivity index (χ4v) is 1.55. The van der Waals surface area contributed by atoms with Crippen LogP contribution in [0.5, 0.6) is 0 Å². The Morgan fingerprint density at radius 3 is 2.93 bits per heavy atom. The quantitative estimate of drug-likeness (QED) is 0.520. The molecule has 0 unspecified atom stereocenters. The summed E-state index contributed by atoms with van der Waals surface area (Å²) >= 11 is 0. The molecule has 0 spiro atoms. The van der Waals surface area contributed by atoms with Crippen LogP contribution in [0.1, 0.15) is 10.4 Å². The molecule has 1 heterocycles. The lowest BCUT2D eigenvalue weighted by Gasteiger charge is -1.98. The average molecular weight is 185 g/mol. The largest absolute Gasteiger partial charge is 0.351 e. The molecule has 1 aromatic carbocycles. The number of ketones is 1. The van der Waals surface area contributed by atoms with Crippen molar-refractivity contribution in [2.75, 3.05) is 0 Å². The number of aryl methyl sites for hydroxylation is 1. The Balaban J connectivity index is 2.62. The lowest BCUT2D eigenvalue weighted by molar-refractivity contribution is 0.104. The van der Waals surface area contributed by atoms with E-state index in [4.69, 9.17) is 0 Å². The van der Waals surface area contributed by atoms with Gasteiger partial charge in [-0.3, -0.25) is 4.79 Å². The summed E-state index contributed by atoms with van der Waals surface area (Å²) in [6.45, 7) is 3.47. The lowest BCUT2D eigenvalue weighted by Crippen LogP contribution is -1.93. The van der Waals surface area contributed by atoms with E-state index in [-0.39, 0.29) is 5.78 Å².